The lowest BCUT2D eigenvalue weighted by molar-refractivity contribution is 0.0623. The van der Waals surface area contributed by atoms with Gasteiger partial charge in [0.1, 0.15) is 5.76 Å². The van der Waals surface area contributed by atoms with Gasteiger partial charge in [-0.05, 0) is 51.3 Å². The molecule has 0 bridgehead atoms. The molecule has 0 unspecified atom stereocenters. The van der Waals surface area contributed by atoms with Crippen LogP contribution in [0.15, 0.2) is 34.7 Å². The fraction of sp³-hybridized carbons (Fsp3) is 0.400. The second-order valence-corrected chi connectivity index (χ2v) is 6.66. The van der Waals surface area contributed by atoms with E-state index in [1.807, 2.05) is 39.0 Å². The lowest BCUT2D eigenvalue weighted by Gasteiger charge is -2.31. The monoisotopic (exact) mass is 325 g/mol. The zero-order chi connectivity index (χ0) is 17.3. The first-order valence-corrected chi connectivity index (χ1v) is 8.43. The van der Waals surface area contributed by atoms with Gasteiger partial charge >= 0.3 is 0 Å². The maximum atomic E-state index is 12.8. The van der Waals surface area contributed by atoms with Crippen LogP contribution < -0.4 is 0 Å². The van der Waals surface area contributed by atoms with Crippen molar-refractivity contribution in [1.29, 1.82) is 0 Å². The predicted octanol–water partition coefficient (Wildman–Crippen LogP) is 3.94. The maximum absolute atomic E-state index is 12.8. The van der Waals surface area contributed by atoms with Crippen LogP contribution in [0.2, 0.25) is 0 Å². The molecule has 1 aliphatic rings. The van der Waals surface area contributed by atoms with Crippen LogP contribution in [-0.2, 0) is 0 Å². The fourth-order valence-corrected chi connectivity index (χ4v) is 3.36. The third-order valence-electron chi connectivity index (χ3n) is 4.75. The Morgan fingerprint density at radius 3 is 2.33 bits per heavy atom. The van der Waals surface area contributed by atoms with E-state index < -0.39 is 0 Å². The quantitative estimate of drug-likeness (QED) is 0.803. The van der Waals surface area contributed by atoms with E-state index in [9.17, 15) is 9.59 Å². The normalized spacial score (nSPS) is 15.5. The number of carbonyl (C=O) groups excluding carboxylic acids is 2. The van der Waals surface area contributed by atoms with E-state index in [2.05, 4.69) is 0 Å². The molecule has 1 saturated heterocycles. The summed E-state index contributed by atoms with van der Waals surface area (Å²) in [5, 5.41) is 0. The number of hydrogen-bond acceptors (Lipinski definition) is 3. The van der Waals surface area contributed by atoms with Gasteiger partial charge in [-0.25, -0.2) is 0 Å². The molecular weight excluding hydrogens is 302 g/mol. The lowest BCUT2D eigenvalue weighted by atomic mass is 9.87. The molecule has 0 radical (unpaired) electrons. The van der Waals surface area contributed by atoms with E-state index in [-0.39, 0.29) is 17.6 Å². The van der Waals surface area contributed by atoms with E-state index >= 15 is 0 Å². The molecule has 0 atom stereocenters. The van der Waals surface area contributed by atoms with Crippen LogP contribution in [0.4, 0.5) is 0 Å². The molecule has 3 rings (SSSR count). The third-order valence-corrected chi connectivity index (χ3v) is 4.75. The minimum atomic E-state index is -0.0829. The van der Waals surface area contributed by atoms with Crippen molar-refractivity contribution in [2.75, 3.05) is 13.1 Å². The molecular formula is C20H23NO3. The molecule has 4 heteroatoms. The number of Topliss-reactive ketones (excluding diaryl/α,β-unsaturated/α-hetero) is 1. The second-order valence-electron chi connectivity index (χ2n) is 6.66. The summed E-state index contributed by atoms with van der Waals surface area (Å²) in [4.78, 5) is 26.9. The molecule has 1 aromatic heterocycles. The van der Waals surface area contributed by atoms with Gasteiger partial charge in [-0.3, -0.25) is 9.59 Å². The van der Waals surface area contributed by atoms with E-state index in [1.165, 1.54) is 5.56 Å². The smallest absolute Gasteiger partial charge is 0.289 e. The molecule has 0 aliphatic carbocycles. The Hall–Kier alpha value is -2.36. The van der Waals surface area contributed by atoms with Crippen LogP contribution in [-0.4, -0.2) is 29.7 Å². The van der Waals surface area contributed by atoms with Gasteiger partial charge in [-0.1, -0.05) is 23.8 Å². The zero-order valence-electron chi connectivity index (χ0n) is 14.5. The molecule has 1 aromatic carbocycles. The number of rotatable bonds is 3. The topological polar surface area (TPSA) is 50.5 Å². The number of aryl methyl sites for hydroxylation is 3. The van der Waals surface area contributed by atoms with Gasteiger partial charge in [0.25, 0.3) is 5.91 Å². The van der Waals surface area contributed by atoms with E-state index in [0.717, 1.165) is 16.9 Å². The first-order chi connectivity index (χ1) is 11.5. The van der Waals surface area contributed by atoms with Crippen molar-refractivity contribution in [3.05, 3.63) is 58.5 Å². The Kier molecular flexibility index (Phi) is 4.56. The van der Waals surface area contributed by atoms with Crippen molar-refractivity contribution in [2.45, 2.75) is 33.6 Å². The number of amides is 1. The number of furan rings is 1. The summed E-state index contributed by atoms with van der Waals surface area (Å²) in [5.74, 6) is 1.23. The van der Waals surface area contributed by atoms with Gasteiger partial charge < -0.3 is 9.32 Å². The maximum Gasteiger partial charge on any atom is 0.289 e. The van der Waals surface area contributed by atoms with Crippen molar-refractivity contribution in [3.8, 4) is 0 Å². The largest absolute Gasteiger partial charge is 0.456 e. The number of carbonyl (C=O) groups is 2. The molecule has 1 amide bonds. The van der Waals surface area contributed by atoms with Crippen molar-refractivity contribution in [1.82, 2.24) is 4.90 Å². The zero-order valence-corrected chi connectivity index (χ0v) is 14.5. The number of ketones is 1. The van der Waals surface area contributed by atoms with Gasteiger partial charge in [0.15, 0.2) is 11.5 Å². The Morgan fingerprint density at radius 1 is 1.04 bits per heavy atom. The standard InChI is InChI=1S/C20H23NO3/c1-13-4-6-17(14(2)12-13)19(22)16-8-10-21(11-9-16)20(23)18-7-5-15(3)24-18/h4-7,12,16H,8-11H2,1-3H3. The van der Waals surface area contributed by atoms with Crippen LogP contribution in [0.1, 0.15) is 50.6 Å². The summed E-state index contributed by atoms with van der Waals surface area (Å²) >= 11 is 0. The highest BCUT2D eigenvalue weighted by Crippen LogP contribution is 2.25. The Balaban J connectivity index is 1.64. The molecule has 24 heavy (non-hydrogen) atoms. The first kappa shape index (κ1) is 16.5. The average Bonchev–Trinajstić information content (AvgIpc) is 3.00. The number of hydrogen-bond donors (Lipinski definition) is 0. The van der Waals surface area contributed by atoms with Gasteiger partial charge in [0.05, 0.1) is 0 Å². The molecule has 2 aromatic rings. The second kappa shape index (κ2) is 6.63. The minimum absolute atomic E-state index is 0.00575. The van der Waals surface area contributed by atoms with Crippen molar-refractivity contribution >= 4 is 11.7 Å². The minimum Gasteiger partial charge on any atom is -0.456 e. The SMILES string of the molecule is Cc1ccc(C(=O)C2CCN(C(=O)c3ccc(C)o3)CC2)c(C)c1. The van der Waals surface area contributed by atoms with Gasteiger partial charge in [0, 0.05) is 24.6 Å². The van der Waals surface area contributed by atoms with Crippen molar-refractivity contribution < 1.29 is 14.0 Å². The Bertz CT molecular complexity index is 767. The number of likely N-dealkylation sites (tertiary alicyclic amines) is 1. The van der Waals surface area contributed by atoms with Crippen molar-refractivity contribution in [3.63, 3.8) is 0 Å². The van der Waals surface area contributed by atoms with Gasteiger partial charge in [0.2, 0.25) is 0 Å². The number of nitrogens with zero attached hydrogens (tertiary/aromatic N) is 1. The van der Waals surface area contributed by atoms with Crippen molar-refractivity contribution in [2.24, 2.45) is 5.92 Å². The number of benzene rings is 1. The molecule has 126 valence electrons. The van der Waals surface area contributed by atoms with Crippen LogP contribution in [0.25, 0.3) is 0 Å². The molecule has 1 aliphatic heterocycles. The van der Waals surface area contributed by atoms with Crippen LogP contribution in [0, 0.1) is 26.7 Å². The highest BCUT2D eigenvalue weighted by molar-refractivity contribution is 5.99. The molecule has 0 saturated carbocycles. The predicted molar refractivity (Wildman–Crippen MR) is 92.3 cm³/mol. The highest BCUT2D eigenvalue weighted by Gasteiger charge is 2.29. The van der Waals surface area contributed by atoms with E-state index in [0.29, 0.717) is 31.7 Å². The fourth-order valence-electron chi connectivity index (χ4n) is 3.36. The van der Waals surface area contributed by atoms with E-state index in [4.69, 9.17) is 4.42 Å². The van der Waals surface area contributed by atoms with Crippen LogP contribution >= 0.6 is 0 Å². The molecule has 0 spiro atoms. The Labute approximate surface area is 142 Å². The third kappa shape index (κ3) is 3.28. The molecule has 0 N–H and O–H groups in total. The first-order valence-electron chi connectivity index (χ1n) is 8.43. The lowest BCUT2D eigenvalue weighted by Crippen LogP contribution is -2.40. The summed E-state index contributed by atoms with van der Waals surface area (Å²) in [6.45, 7) is 7.03. The highest BCUT2D eigenvalue weighted by atomic mass is 16.3. The summed E-state index contributed by atoms with van der Waals surface area (Å²) in [5.41, 5.74) is 3.01. The average molecular weight is 325 g/mol. The summed E-state index contributed by atoms with van der Waals surface area (Å²) in [6, 6.07) is 9.47. The van der Waals surface area contributed by atoms with Crippen LogP contribution in [0.5, 0.6) is 0 Å². The molecule has 2 heterocycles. The summed E-state index contributed by atoms with van der Waals surface area (Å²) in [6.07, 6.45) is 1.41. The van der Waals surface area contributed by atoms with Gasteiger partial charge in [-0.15, -0.1) is 0 Å². The van der Waals surface area contributed by atoms with E-state index in [1.54, 1.807) is 17.0 Å². The summed E-state index contributed by atoms with van der Waals surface area (Å²) in [7, 11) is 0. The summed E-state index contributed by atoms with van der Waals surface area (Å²) < 4.78 is 5.41. The van der Waals surface area contributed by atoms with Crippen LogP contribution in [0.3, 0.4) is 0 Å². The molecule has 4 nitrogen and oxygen atoms in total. The van der Waals surface area contributed by atoms with Gasteiger partial charge in [-0.2, -0.15) is 0 Å². The Morgan fingerprint density at radius 2 is 1.75 bits per heavy atom. The number of piperidine rings is 1. The molecule has 1 fully saturated rings.